The van der Waals surface area contributed by atoms with Crippen LogP contribution in [-0.2, 0) is 6.42 Å². The molecule has 0 aliphatic carbocycles. The minimum Gasteiger partial charge on any atom is -0.493 e. The van der Waals surface area contributed by atoms with Crippen LogP contribution in [0.1, 0.15) is 15.9 Å². The first-order valence-electron chi connectivity index (χ1n) is 8.05. The van der Waals surface area contributed by atoms with Crippen LogP contribution in [-0.4, -0.2) is 12.5 Å². The summed E-state index contributed by atoms with van der Waals surface area (Å²) < 4.78 is 6.73. The van der Waals surface area contributed by atoms with E-state index in [9.17, 15) is 4.79 Å². The van der Waals surface area contributed by atoms with Gasteiger partial charge in [0.2, 0.25) is 0 Å². The number of nitrogens with one attached hydrogen (secondary N) is 1. The van der Waals surface area contributed by atoms with Crippen LogP contribution in [0.4, 0.5) is 5.69 Å². The van der Waals surface area contributed by atoms with Crippen LogP contribution < -0.4 is 10.1 Å². The molecule has 4 heteroatoms. The molecule has 3 rings (SSSR count). The lowest BCUT2D eigenvalue weighted by Gasteiger charge is -2.10. The van der Waals surface area contributed by atoms with Crippen LogP contribution in [0.5, 0.6) is 5.75 Å². The molecular weight excluding hydrogens is 425 g/mol. The fourth-order valence-electron chi connectivity index (χ4n) is 2.44. The molecule has 0 aliphatic heterocycles. The molecule has 3 nitrogen and oxygen atoms in total. The van der Waals surface area contributed by atoms with Gasteiger partial charge in [-0.3, -0.25) is 4.79 Å². The monoisotopic (exact) mass is 443 g/mol. The van der Waals surface area contributed by atoms with Crippen molar-refractivity contribution < 1.29 is 9.53 Å². The molecule has 3 aromatic carbocycles. The van der Waals surface area contributed by atoms with Gasteiger partial charge in [0, 0.05) is 21.7 Å². The van der Waals surface area contributed by atoms with E-state index in [1.165, 1.54) is 5.56 Å². The van der Waals surface area contributed by atoms with E-state index in [0.717, 1.165) is 21.4 Å². The van der Waals surface area contributed by atoms with Crippen molar-refractivity contribution in [1.29, 1.82) is 0 Å². The summed E-state index contributed by atoms with van der Waals surface area (Å²) in [5, 5.41) is 2.92. The molecule has 0 radical (unpaired) electrons. The van der Waals surface area contributed by atoms with E-state index in [2.05, 4.69) is 40.0 Å². The Labute approximate surface area is 161 Å². The Bertz CT molecular complexity index is 849. The van der Waals surface area contributed by atoms with Gasteiger partial charge in [0.25, 0.3) is 5.91 Å². The van der Waals surface area contributed by atoms with E-state index < -0.39 is 0 Å². The van der Waals surface area contributed by atoms with Crippen molar-refractivity contribution in [2.24, 2.45) is 0 Å². The average Bonchev–Trinajstić information content (AvgIpc) is 2.63. The number of rotatable bonds is 6. The Morgan fingerprint density at radius 2 is 1.68 bits per heavy atom. The maximum Gasteiger partial charge on any atom is 0.256 e. The molecule has 0 aliphatic rings. The second kappa shape index (κ2) is 8.67. The third-order valence-corrected chi connectivity index (χ3v) is 4.65. The summed E-state index contributed by atoms with van der Waals surface area (Å²) in [5.74, 6) is 0.628. The Morgan fingerprint density at radius 1 is 0.920 bits per heavy atom. The summed E-state index contributed by atoms with van der Waals surface area (Å²) in [6.45, 7) is 0.595. The van der Waals surface area contributed by atoms with Crippen LogP contribution in [0.15, 0.2) is 78.9 Å². The Morgan fingerprint density at radius 3 is 2.48 bits per heavy atom. The number of halogens is 1. The second-order valence-electron chi connectivity index (χ2n) is 5.55. The first-order valence-corrected chi connectivity index (χ1v) is 9.13. The van der Waals surface area contributed by atoms with Crippen molar-refractivity contribution in [2.45, 2.75) is 6.42 Å². The predicted octanol–water partition coefficient (Wildman–Crippen LogP) is 5.17. The number of ether oxygens (including phenoxy) is 1. The number of carbonyl (C=O) groups excluding carboxylic acids is 1. The highest BCUT2D eigenvalue weighted by molar-refractivity contribution is 14.1. The Balaban J connectivity index is 1.59. The molecule has 0 atom stereocenters. The van der Waals surface area contributed by atoms with Gasteiger partial charge >= 0.3 is 0 Å². The van der Waals surface area contributed by atoms with Crippen LogP contribution >= 0.6 is 22.6 Å². The van der Waals surface area contributed by atoms with Crippen molar-refractivity contribution in [3.63, 3.8) is 0 Å². The summed E-state index contributed by atoms with van der Waals surface area (Å²) in [7, 11) is 0. The second-order valence-corrected chi connectivity index (χ2v) is 6.71. The normalized spacial score (nSPS) is 10.3. The zero-order chi connectivity index (χ0) is 17.5. The summed E-state index contributed by atoms with van der Waals surface area (Å²) in [6, 6.07) is 25.2. The highest BCUT2D eigenvalue weighted by Gasteiger charge is 2.09. The largest absolute Gasteiger partial charge is 0.493 e. The SMILES string of the molecule is O=C(Nc1cccc(OCCc2ccccc2)c1)c1ccccc1I. The van der Waals surface area contributed by atoms with Crippen LogP contribution in [0.2, 0.25) is 0 Å². The molecule has 0 fully saturated rings. The number of anilines is 1. The lowest BCUT2D eigenvalue weighted by molar-refractivity contribution is 0.102. The van der Waals surface area contributed by atoms with Gasteiger partial charge in [0.15, 0.2) is 0 Å². The lowest BCUT2D eigenvalue weighted by Crippen LogP contribution is -2.13. The number of carbonyl (C=O) groups is 1. The van der Waals surface area contributed by atoms with Crippen LogP contribution in [0, 0.1) is 3.57 Å². The van der Waals surface area contributed by atoms with E-state index in [1.807, 2.05) is 66.7 Å². The van der Waals surface area contributed by atoms with Crippen molar-refractivity contribution in [3.8, 4) is 5.75 Å². The maximum absolute atomic E-state index is 12.4. The van der Waals surface area contributed by atoms with Crippen molar-refractivity contribution in [2.75, 3.05) is 11.9 Å². The summed E-state index contributed by atoms with van der Waals surface area (Å²) >= 11 is 2.16. The number of hydrogen-bond acceptors (Lipinski definition) is 2. The molecule has 0 saturated heterocycles. The molecule has 0 bridgehead atoms. The number of amides is 1. The van der Waals surface area contributed by atoms with E-state index >= 15 is 0 Å². The van der Waals surface area contributed by atoms with Gasteiger partial charge in [-0.15, -0.1) is 0 Å². The third-order valence-electron chi connectivity index (χ3n) is 3.71. The van der Waals surface area contributed by atoms with Gasteiger partial charge in [0.1, 0.15) is 5.75 Å². The lowest BCUT2D eigenvalue weighted by atomic mass is 10.2. The Hall–Kier alpha value is -2.34. The minimum absolute atomic E-state index is 0.119. The standard InChI is InChI=1S/C21H18INO2/c22-20-12-5-4-11-19(20)21(24)23-17-9-6-10-18(15-17)25-14-13-16-7-2-1-3-8-16/h1-12,15H,13-14H2,(H,23,24). The van der Waals surface area contributed by atoms with E-state index in [0.29, 0.717) is 12.2 Å². The molecule has 3 aromatic rings. The first-order chi connectivity index (χ1) is 12.2. The van der Waals surface area contributed by atoms with Crippen LogP contribution in [0.25, 0.3) is 0 Å². The van der Waals surface area contributed by atoms with Crippen molar-refractivity contribution >= 4 is 34.2 Å². The fraction of sp³-hybridized carbons (Fsp3) is 0.0952. The summed E-state index contributed by atoms with van der Waals surface area (Å²) in [6.07, 6.45) is 0.847. The molecule has 0 heterocycles. The molecule has 1 N–H and O–H groups in total. The highest BCUT2D eigenvalue weighted by atomic mass is 127. The minimum atomic E-state index is -0.119. The zero-order valence-electron chi connectivity index (χ0n) is 13.6. The first kappa shape index (κ1) is 17.5. The van der Waals surface area contributed by atoms with Gasteiger partial charge in [-0.1, -0.05) is 48.5 Å². The average molecular weight is 443 g/mol. The van der Waals surface area contributed by atoms with Gasteiger partial charge in [-0.25, -0.2) is 0 Å². The molecule has 0 aromatic heterocycles. The highest BCUT2D eigenvalue weighted by Crippen LogP contribution is 2.19. The van der Waals surface area contributed by atoms with E-state index in [1.54, 1.807) is 0 Å². The molecule has 1 amide bonds. The quantitative estimate of drug-likeness (QED) is 0.535. The molecule has 25 heavy (non-hydrogen) atoms. The Kier molecular flexibility index (Phi) is 6.06. The van der Waals surface area contributed by atoms with Gasteiger partial charge in [0.05, 0.1) is 12.2 Å². The number of hydrogen-bond donors (Lipinski definition) is 1. The molecule has 0 spiro atoms. The van der Waals surface area contributed by atoms with E-state index in [4.69, 9.17) is 4.74 Å². The molecule has 126 valence electrons. The summed E-state index contributed by atoms with van der Waals surface area (Å²) in [4.78, 5) is 12.4. The summed E-state index contributed by atoms with van der Waals surface area (Å²) in [5.41, 5.74) is 2.63. The molecule has 0 saturated carbocycles. The van der Waals surface area contributed by atoms with E-state index in [-0.39, 0.29) is 5.91 Å². The maximum atomic E-state index is 12.4. The smallest absolute Gasteiger partial charge is 0.256 e. The third kappa shape index (κ3) is 5.06. The predicted molar refractivity (Wildman–Crippen MR) is 109 cm³/mol. The van der Waals surface area contributed by atoms with Crippen LogP contribution in [0.3, 0.4) is 0 Å². The van der Waals surface area contributed by atoms with Gasteiger partial charge in [-0.05, 0) is 52.4 Å². The topological polar surface area (TPSA) is 38.3 Å². The fourth-order valence-corrected chi connectivity index (χ4v) is 3.07. The van der Waals surface area contributed by atoms with Crippen molar-refractivity contribution in [1.82, 2.24) is 0 Å². The zero-order valence-corrected chi connectivity index (χ0v) is 15.8. The molecule has 0 unspecified atom stereocenters. The van der Waals surface area contributed by atoms with Gasteiger partial charge in [-0.2, -0.15) is 0 Å². The van der Waals surface area contributed by atoms with Gasteiger partial charge < -0.3 is 10.1 Å². The molecular formula is C21H18INO2. The number of benzene rings is 3. The van der Waals surface area contributed by atoms with Crippen molar-refractivity contribution in [3.05, 3.63) is 93.6 Å².